The number of Topliss-reactive ketones (excluding diaryl/α,β-unsaturated/α-hetero) is 1. The maximum absolute atomic E-state index is 13.6. The van der Waals surface area contributed by atoms with Gasteiger partial charge in [-0.25, -0.2) is 4.79 Å². The highest BCUT2D eigenvalue weighted by Gasteiger charge is 2.32. The van der Waals surface area contributed by atoms with E-state index >= 15 is 0 Å². The van der Waals surface area contributed by atoms with Crippen LogP contribution in [0.25, 0.3) is 0 Å². The number of aliphatic carboxylic acids is 1. The first kappa shape index (κ1) is 77.7. The van der Waals surface area contributed by atoms with Crippen LogP contribution in [0, 0.1) is 11.8 Å². The third kappa shape index (κ3) is 36.9. The second-order valence-corrected chi connectivity index (χ2v) is 23.0. The zero-order valence-electron chi connectivity index (χ0n) is 49.0. The number of rotatable bonds is 34. The Kier molecular flexibility index (Phi) is 41.9. The molecule has 0 saturated carbocycles. The van der Waals surface area contributed by atoms with Crippen molar-refractivity contribution in [2.75, 3.05) is 37.4 Å². The third-order valence-corrected chi connectivity index (χ3v) is 13.9. The molecular weight excluding hydrogens is 1120 g/mol. The number of nitrogens with zero attached hydrogens (tertiary/aromatic N) is 1. The summed E-state index contributed by atoms with van der Waals surface area (Å²) in [6, 6.07) is 7.89. The monoisotopic (exact) mass is 1210 g/mol. The number of carboxylic acids is 1. The van der Waals surface area contributed by atoms with E-state index in [9.17, 15) is 60.6 Å². The molecule has 0 spiro atoms. The molecule has 464 valence electrons. The van der Waals surface area contributed by atoms with Crippen molar-refractivity contribution in [2.24, 2.45) is 39.8 Å². The summed E-state index contributed by atoms with van der Waals surface area (Å²) in [4.78, 5) is 112. The Balaban J connectivity index is 0. The molecule has 82 heavy (non-hydrogen) atoms. The van der Waals surface area contributed by atoms with Gasteiger partial charge < -0.3 is 65.3 Å². The molecule has 0 aliphatic rings. The number of nitrogens with two attached hydrogens (primary N) is 4. The Morgan fingerprint density at radius 1 is 0.768 bits per heavy atom. The maximum Gasteiger partial charge on any atom is 0.332 e. The zero-order valence-corrected chi connectivity index (χ0v) is 51.4. The molecule has 7 atom stereocenters. The second-order valence-electron chi connectivity index (χ2n) is 19.4. The third-order valence-electron chi connectivity index (χ3n) is 11.4. The van der Waals surface area contributed by atoms with E-state index in [1.54, 1.807) is 58.0 Å². The summed E-state index contributed by atoms with van der Waals surface area (Å²) in [6.07, 6.45) is 6.69. The minimum Gasteiger partial charge on any atom is -0.480 e. The summed E-state index contributed by atoms with van der Waals surface area (Å²) < 4.78 is 36.2. The van der Waals surface area contributed by atoms with Gasteiger partial charge in [-0.1, -0.05) is 91.3 Å². The molecule has 7 amide bonds. The van der Waals surface area contributed by atoms with Crippen molar-refractivity contribution in [1.82, 2.24) is 37.2 Å². The SMILES string of the molecule is CC(CCCN=C(N)N)NC(=O)CN.CCC(NC=O)C(=O)NC(CSc1cccc(S(=O)(=O)F)c1)C(=O)N[C@@H](Cc1ccccc1)C(=O)NC(CC(C)C)C(=O)O.CCCCC(=O)C(C)NC(=O)CNC(=O)C(N)C(C)C.CCSC. The van der Waals surface area contributed by atoms with Crippen LogP contribution in [-0.2, 0) is 59.8 Å². The van der Waals surface area contributed by atoms with Crippen molar-refractivity contribution in [3.63, 3.8) is 0 Å². The molecule has 0 aliphatic carbocycles. The predicted octanol–water partition coefficient (Wildman–Crippen LogP) is 2.01. The van der Waals surface area contributed by atoms with E-state index in [0.717, 1.165) is 49.6 Å². The van der Waals surface area contributed by atoms with E-state index in [0.29, 0.717) is 24.9 Å². The van der Waals surface area contributed by atoms with E-state index in [1.165, 1.54) is 17.9 Å². The van der Waals surface area contributed by atoms with Crippen LogP contribution in [0.15, 0.2) is 69.4 Å². The largest absolute Gasteiger partial charge is 0.480 e. The minimum atomic E-state index is -4.99. The number of hydrogen-bond acceptors (Lipinski definition) is 16. The second kappa shape index (κ2) is 44.3. The van der Waals surface area contributed by atoms with Gasteiger partial charge in [0.05, 0.1) is 30.1 Å². The smallest absolute Gasteiger partial charge is 0.332 e. The van der Waals surface area contributed by atoms with Crippen LogP contribution in [-0.4, -0.2) is 153 Å². The lowest BCUT2D eigenvalue weighted by Gasteiger charge is -2.26. The topological polar surface area (TPSA) is 409 Å². The highest BCUT2D eigenvalue weighted by atomic mass is 32.3. The quantitative estimate of drug-likeness (QED) is 0.0119. The number of amides is 7. The number of unbranched alkanes of at least 4 members (excludes halogenated alkanes) is 1. The highest BCUT2D eigenvalue weighted by Crippen LogP contribution is 2.24. The van der Waals surface area contributed by atoms with Crippen molar-refractivity contribution in [1.29, 1.82) is 0 Å². The molecule has 0 fully saturated rings. The Morgan fingerprint density at radius 3 is 1.87 bits per heavy atom. The number of ketones is 1. The maximum atomic E-state index is 13.6. The average molecular weight is 1220 g/mol. The van der Waals surface area contributed by atoms with E-state index in [2.05, 4.69) is 55.4 Å². The Hall–Kier alpha value is -6.36. The number of carbonyl (C=O) groups is 9. The number of carbonyl (C=O) groups excluding carboxylic acids is 8. The van der Waals surface area contributed by atoms with Crippen LogP contribution in [0.1, 0.15) is 113 Å². The summed E-state index contributed by atoms with van der Waals surface area (Å²) in [5.41, 5.74) is 21.8. The van der Waals surface area contributed by atoms with Gasteiger partial charge in [-0.3, -0.25) is 43.3 Å². The molecular formula is C54H91FN12O12S3. The van der Waals surface area contributed by atoms with Crippen molar-refractivity contribution >= 4 is 93.3 Å². The van der Waals surface area contributed by atoms with E-state index in [-0.39, 0.29) is 90.3 Å². The highest BCUT2D eigenvalue weighted by molar-refractivity contribution is 7.99. The number of nitrogens with one attached hydrogen (secondary N) is 7. The van der Waals surface area contributed by atoms with Gasteiger partial charge in [0, 0.05) is 36.1 Å². The van der Waals surface area contributed by atoms with Crippen molar-refractivity contribution in [3.05, 3.63) is 60.2 Å². The number of thioether (sulfide) groups is 2. The standard InChI is InChI=1S/C29H37FN4O8S2.C14H27N3O3.C8H19N5O.C3H8S/c1-4-22(31-17-35)26(36)34-25(16-43-20-11-8-12-21(15-20)44(30,41)42)28(38)32-23(14-19-9-6-5-7-10-19)27(37)33-24(29(39)40)13-18(2)3;1-5-6-7-11(18)10(4)17-12(19)8-16-14(20)13(15)9(2)3;1-6(13-7(14)5-9)3-2-4-12-8(10)11;1-3-4-2/h5-12,15,17-18,22-25H,4,13-14,16H2,1-3H3,(H,31,35)(H,32,38)(H,33,37)(H,34,36)(H,39,40);9-10,13H,5-8,15H2,1-4H3,(H,16,20)(H,17,19);6H,2-5,9H2,1H3,(H,13,14)(H4,10,11,12);3H2,1-2H3/t22?,23-,24?,25?;;;/m0.../s1. The normalized spacial score (nSPS) is 13.3. The molecule has 0 aromatic heterocycles. The minimum absolute atomic E-state index is 0.000920. The van der Waals surface area contributed by atoms with E-state index in [4.69, 9.17) is 22.9 Å². The molecule has 0 heterocycles. The summed E-state index contributed by atoms with van der Waals surface area (Å²) in [7, 11) is -4.99. The molecule has 6 unspecified atom stereocenters. The Labute approximate surface area is 492 Å². The van der Waals surface area contributed by atoms with E-state index in [1.807, 2.05) is 39.5 Å². The lowest BCUT2D eigenvalue weighted by molar-refractivity contribution is -0.142. The van der Waals surface area contributed by atoms with Crippen molar-refractivity contribution < 1.29 is 60.6 Å². The first-order chi connectivity index (χ1) is 38.5. The van der Waals surface area contributed by atoms with E-state index < -0.39 is 75.1 Å². The average Bonchev–Trinajstić information content (AvgIpc) is 3.51. The van der Waals surface area contributed by atoms with Crippen LogP contribution in [0.3, 0.4) is 0 Å². The lowest BCUT2D eigenvalue weighted by Crippen LogP contribution is -2.58. The lowest BCUT2D eigenvalue weighted by atomic mass is 10.0. The summed E-state index contributed by atoms with van der Waals surface area (Å²) >= 11 is 2.80. The van der Waals surface area contributed by atoms with Crippen LogP contribution in [0.4, 0.5) is 3.89 Å². The Morgan fingerprint density at radius 2 is 1.35 bits per heavy atom. The Bertz CT molecular complexity index is 2400. The van der Waals surface area contributed by atoms with Gasteiger partial charge in [0.15, 0.2) is 11.7 Å². The van der Waals surface area contributed by atoms with Gasteiger partial charge in [0.2, 0.25) is 41.9 Å². The van der Waals surface area contributed by atoms with Crippen LogP contribution < -0.4 is 60.2 Å². The summed E-state index contributed by atoms with van der Waals surface area (Å²) in [5, 5.41) is 27.4. The molecule has 0 aliphatic heterocycles. The van der Waals surface area contributed by atoms with Gasteiger partial charge >= 0.3 is 16.2 Å². The molecule has 2 aromatic rings. The van der Waals surface area contributed by atoms with Gasteiger partial charge in [0.25, 0.3) is 0 Å². The van der Waals surface area contributed by atoms with Crippen molar-refractivity contribution in [3.8, 4) is 0 Å². The number of halogens is 1. The number of benzene rings is 2. The summed E-state index contributed by atoms with van der Waals surface area (Å²) in [6.45, 7) is 17.1. The van der Waals surface area contributed by atoms with Gasteiger partial charge in [-0.15, -0.1) is 15.6 Å². The van der Waals surface area contributed by atoms with Crippen LogP contribution >= 0.6 is 23.5 Å². The molecule has 16 N–H and O–H groups in total. The van der Waals surface area contributed by atoms with Crippen LogP contribution in [0.5, 0.6) is 0 Å². The number of aliphatic imine (C=N–C) groups is 1. The van der Waals surface area contributed by atoms with Gasteiger partial charge in [-0.05, 0) is 93.6 Å². The first-order valence-electron chi connectivity index (χ1n) is 27.0. The first-order valence-corrected chi connectivity index (χ1v) is 30.7. The summed E-state index contributed by atoms with van der Waals surface area (Å²) in [5.74, 6) is -3.22. The predicted molar refractivity (Wildman–Crippen MR) is 320 cm³/mol. The molecule has 0 radical (unpaired) electrons. The van der Waals surface area contributed by atoms with Gasteiger partial charge in [0.1, 0.15) is 24.2 Å². The number of carboxylic acid groups (broad SMARTS) is 1. The van der Waals surface area contributed by atoms with Crippen molar-refractivity contribution in [2.45, 2.75) is 166 Å². The molecule has 2 rings (SSSR count). The fourth-order valence-corrected chi connectivity index (χ4v) is 8.21. The fraction of sp³-hybridized carbons (Fsp3) is 0.593. The fourth-order valence-electron chi connectivity index (χ4n) is 6.65. The molecule has 24 nitrogen and oxygen atoms in total. The van der Waals surface area contributed by atoms with Gasteiger partial charge in [-0.2, -0.15) is 20.2 Å². The zero-order chi connectivity index (χ0) is 63.0. The molecule has 0 saturated heterocycles. The number of hydrogen-bond donors (Lipinski definition) is 12. The molecule has 0 bridgehead atoms. The van der Waals surface area contributed by atoms with Crippen LogP contribution in [0.2, 0.25) is 0 Å². The molecule has 2 aromatic carbocycles. The number of guanidine groups is 1. The molecule has 28 heteroatoms.